The van der Waals surface area contributed by atoms with Gasteiger partial charge in [0.15, 0.2) is 18.1 Å². The molecule has 8 nitrogen and oxygen atoms in total. The molecule has 37 heavy (non-hydrogen) atoms. The summed E-state index contributed by atoms with van der Waals surface area (Å²) in [4.78, 5) is 25.1. The topological polar surface area (TPSA) is 92.3 Å². The Balaban J connectivity index is 1.74. The van der Waals surface area contributed by atoms with Crippen molar-refractivity contribution >= 4 is 11.9 Å². The quantitative estimate of drug-likeness (QED) is 0.429. The van der Waals surface area contributed by atoms with Crippen LogP contribution in [0.15, 0.2) is 42.5 Å². The van der Waals surface area contributed by atoms with Crippen LogP contribution < -0.4 is 19.5 Å². The van der Waals surface area contributed by atoms with Crippen molar-refractivity contribution < 1.29 is 33.3 Å². The van der Waals surface area contributed by atoms with Crippen molar-refractivity contribution in [2.75, 3.05) is 27.4 Å². The maximum absolute atomic E-state index is 13.0. The fourth-order valence-electron chi connectivity index (χ4n) is 4.22. The zero-order valence-corrected chi connectivity index (χ0v) is 22.5. The largest absolute Gasteiger partial charge is 0.493 e. The van der Waals surface area contributed by atoms with E-state index in [1.807, 2.05) is 57.2 Å². The van der Waals surface area contributed by atoms with Crippen molar-refractivity contribution in [3.8, 4) is 17.2 Å². The first-order chi connectivity index (χ1) is 17.7. The highest BCUT2D eigenvalue weighted by Crippen LogP contribution is 2.31. The lowest BCUT2D eigenvalue weighted by Crippen LogP contribution is -2.41. The standard InChI is InChI=1S/C29H39NO7/c1-29(2,3)37-27(31)19-35-22-10-8-9-21(18-22)24(36-28(32)23-11-6-7-16-30-23)14-12-20-13-15-25(33-4)26(17-20)34-5/h8-10,13,15,17-18,23-24,30H,6-7,11-12,14,16,19H2,1-5H3. The van der Waals surface area contributed by atoms with Crippen LogP contribution in [0, 0.1) is 0 Å². The van der Waals surface area contributed by atoms with Gasteiger partial charge in [0.2, 0.25) is 0 Å². The molecule has 1 saturated heterocycles. The minimum atomic E-state index is -0.584. The third kappa shape index (κ3) is 8.97. The van der Waals surface area contributed by atoms with Crippen LogP contribution in [0.5, 0.6) is 17.2 Å². The molecule has 0 saturated carbocycles. The van der Waals surface area contributed by atoms with Gasteiger partial charge in [-0.25, -0.2) is 4.79 Å². The molecule has 2 aromatic rings. The number of aryl methyl sites for hydroxylation is 1. The molecule has 8 heteroatoms. The number of hydrogen-bond acceptors (Lipinski definition) is 8. The molecule has 0 radical (unpaired) electrons. The third-order valence-corrected chi connectivity index (χ3v) is 6.00. The summed E-state index contributed by atoms with van der Waals surface area (Å²) in [5.74, 6) is 1.12. The molecule has 0 aromatic heterocycles. The van der Waals surface area contributed by atoms with E-state index in [2.05, 4.69) is 5.32 Å². The van der Waals surface area contributed by atoms with Crippen LogP contribution in [-0.2, 0) is 25.5 Å². The first-order valence-corrected chi connectivity index (χ1v) is 12.8. The van der Waals surface area contributed by atoms with Crippen LogP contribution in [0.1, 0.15) is 63.7 Å². The third-order valence-electron chi connectivity index (χ3n) is 6.00. The summed E-state index contributed by atoms with van der Waals surface area (Å²) in [5, 5.41) is 3.26. The maximum atomic E-state index is 13.0. The molecule has 1 heterocycles. The molecule has 0 amide bonds. The van der Waals surface area contributed by atoms with Crippen molar-refractivity contribution in [2.24, 2.45) is 0 Å². The highest BCUT2D eigenvalue weighted by molar-refractivity contribution is 5.76. The highest BCUT2D eigenvalue weighted by atomic mass is 16.6. The molecule has 1 aliphatic heterocycles. The number of rotatable bonds is 11. The smallest absolute Gasteiger partial charge is 0.344 e. The van der Waals surface area contributed by atoms with Crippen molar-refractivity contribution in [2.45, 2.75) is 70.6 Å². The Kier molecular flexibility index (Phi) is 10.2. The van der Waals surface area contributed by atoms with Crippen LogP contribution in [0.3, 0.4) is 0 Å². The van der Waals surface area contributed by atoms with Gasteiger partial charge < -0.3 is 29.0 Å². The highest BCUT2D eigenvalue weighted by Gasteiger charge is 2.26. The molecule has 1 N–H and O–H groups in total. The van der Waals surface area contributed by atoms with Crippen molar-refractivity contribution in [1.82, 2.24) is 5.32 Å². The van der Waals surface area contributed by atoms with E-state index in [-0.39, 0.29) is 18.6 Å². The lowest BCUT2D eigenvalue weighted by atomic mass is 10.00. The molecule has 2 aromatic carbocycles. The van der Waals surface area contributed by atoms with Crippen LogP contribution >= 0.6 is 0 Å². The van der Waals surface area contributed by atoms with Crippen LogP contribution in [0.2, 0.25) is 0 Å². The molecule has 2 unspecified atom stereocenters. The summed E-state index contributed by atoms with van der Waals surface area (Å²) in [7, 11) is 3.20. The van der Waals surface area contributed by atoms with Crippen molar-refractivity contribution in [3.05, 3.63) is 53.6 Å². The molecule has 2 atom stereocenters. The van der Waals surface area contributed by atoms with Crippen molar-refractivity contribution in [1.29, 1.82) is 0 Å². The summed E-state index contributed by atoms with van der Waals surface area (Å²) in [6, 6.07) is 12.8. The molecule has 0 bridgehead atoms. The molecule has 0 aliphatic carbocycles. The van der Waals surface area contributed by atoms with E-state index in [0.29, 0.717) is 30.1 Å². The van der Waals surface area contributed by atoms with Gasteiger partial charge in [-0.15, -0.1) is 0 Å². The van der Waals surface area contributed by atoms with Gasteiger partial charge in [0.1, 0.15) is 23.5 Å². The Morgan fingerprint density at radius 2 is 1.81 bits per heavy atom. The van der Waals surface area contributed by atoms with Crippen LogP contribution in [0.4, 0.5) is 0 Å². The molecule has 1 fully saturated rings. The predicted molar refractivity (Wildman–Crippen MR) is 140 cm³/mol. The fourth-order valence-corrected chi connectivity index (χ4v) is 4.22. The number of esters is 2. The SMILES string of the molecule is COc1ccc(CCC(OC(=O)C2CCCCN2)c2cccc(OCC(=O)OC(C)(C)C)c2)cc1OC. The number of carbonyl (C=O) groups is 2. The van der Waals surface area contributed by atoms with E-state index in [1.54, 1.807) is 20.3 Å². The maximum Gasteiger partial charge on any atom is 0.344 e. The van der Waals surface area contributed by atoms with E-state index in [9.17, 15) is 9.59 Å². The lowest BCUT2D eigenvalue weighted by molar-refractivity contribution is -0.157. The number of piperidine rings is 1. The summed E-state index contributed by atoms with van der Waals surface area (Å²) in [5.41, 5.74) is 1.25. The van der Waals surface area contributed by atoms with Gasteiger partial charge in [-0.2, -0.15) is 0 Å². The normalized spacial score (nSPS) is 16.4. The first-order valence-electron chi connectivity index (χ1n) is 12.8. The second kappa shape index (κ2) is 13.3. The molecule has 202 valence electrons. The number of methoxy groups -OCH3 is 2. The average molecular weight is 514 g/mol. The number of carbonyl (C=O) groups excluding carboxylic acids is 2. The van der Waals surface area contributed by atoms with Gasteiger partial charge >= 0.3 is 11.9 Å². The summed E-state index contributed by atoms with van der Waals surface area (Å²) >= 11 is 0. The second-order valence-corrected chi connectivity index (χ2v) is 10.1. The van der Waals surface area contributed by atoms with Crippen LogP contribution in [0.25, 0.3) is 0 Å². The zero-order valence-electron chi connectivity index (χ0n) is 22.5. The van der Waals surface area contributed by atoms with Crippen LogP contribution in [-0.4, -0.2) is 51.0 Å². The number of nitrogens with one attached hydrogen (secondary N) is 1. The lowest BCUT2D eigenvalue weighted by Gasteiger charge is -2.26. The number of ether oxygens (including phenoxy) is 5. The first kappa shape index (κ1) is 28.3. The monoisotopic (exact) mass is 513 g/mol. The van der Waals surface area contributed by atoms with Crippen molar-refractivity contribution in [3.63, 3.8) is 0 Å². The molecular weight excluding hydrogens is 474 g/mol. The Morgan fingerprint density at radius 3 is 2.49 bits per heavy atom. The van der Waals surface area contributed by atoms with Gasteiger partial charge in [-0.05, 0) is 88.4 Å². The number of hydrogen-bond donors (Lipinski definition) is 1. The predicted octanol–water partition coefficient (Wildman–Crippen LogP) is 4.78. The molecule has 0 spiro atoms. The second-order valence-electron chi connectivity index (χ2n) is 10.1. The van der Waals surface area contributed by atoms with Gasteiger partial charge in [-0.1, -0.05) is 24.6 Å². The van der Waals surface area contributed by atoms with E-state index in [0.717, 1.165) is 36.9 Å². The van der Waals surface area contributed by atoms with E-state index < -0.39 is 17.7 Å². The zero-order chi connectivity index (χ0) is 26.8. The minimum Gasteiger partial charge on any atom is -0.493 e. The van der Waals surface area contributed by atoms with Gasteiger partial charge in [-0.3, -0.25) is 4.79 Å². The van der Waals surface area contributed by atoms with E-state index >= 15 is 0 Å². The average Bonchev–Trinajstić information content (AvgIpc) is 2.89. The molecular formula is C29H39NO7. The Hall–Kier alpha value is -3.26. The summed E-state index contributed by atoms with van der Waals surface area (Å²) in [6.07, 6.45) is 3.54. The summed E-state index contributed by atoms with van der Waals surface area (Å²) < 4.78 is 27.8. The minimum absolute atomic E-state index is 0.206. The Labute approximate surface area is 219 Å². The molecule has 3 rings (SSSR count). The Bertz CT molecular complexity index is 1040. The van der Waals surface area contributed by atoms with Gasteiger partial charge in [0.05, 0.1) is 14.2 Å². The molecule has 1 aliphatic rings. The van der Waals surface area contributed by atoms with E-state index in [1.165, 1.54) is 0 Å². The van der Waals surface area contributed by atoms with Gasteiger partial charge in [0, 0.05) is 0 Å². The fraction of sp³-hybridized carbons (Fsp3) is 0.517. The van der Waals surface area contributed by atoms with Gasteiger partial charge in [0.25, 0.3) is 0 Å². The van der Waals surface area contributed by atoms with E-state index in [4.69, 9.17) is 23.7 Å². The summed E-state index contributed by atoms with van der Waals surface area (Å²) in [6.45, 7) is 6.03. The number of benzene rings is 2. The Morgan fingerprint density at radius 1 is 1.03 bits per heavy atom.